The molecule has 2 rings (SSSR count). The highest BCUT2D eigenvalue weighted by molar-refractivity contribution is 6.30. The van der Waals surface area contributed by atoms with E-state index < -0.39 is 0 Å². The van der Waals surface area contributed by atoms with Crippen LogP contribution < -0.4 is 10.2 Å². The van der Waals surface area contributed by atoms with Crippen LogP contribution in [-0.4, -0.2) is 38.6 Å². The second-order valence-electron chi connectivity index (χ2n) is 5.63. The molecule has 0 saturated carbocycles. The number of halogens is 1. The number of esters is 1. The van der Waals surface area contributed by atoms with Gasteiger partial charge in [-0.3, -0.25) is 9.59 Å². The van der Waals surface area contributed by atoms with Crippen molar-refractivity contribution in [2.45, 2.75) is 19.4 Å². The number of rotatable bonds is 5. The fraction of sp³-hybridized carbons (Fsp3) is 0.500. The minimum absolute atomic E-state index is 0.00845. The number of amides is 1. The Hall–Kier alpha value is -1.59. The Balaban J connectivity index is 1.69. The Kier molecular flexibility index (Phi) is 6.21. The van der Waals surface area contributed by atoms with Crippen molar-refractivity contribution in [2.24, 2.45) is 5.92 Å². The topological polar surface area (TPSA) is 59.8 Å². The molecule has 2 N–H and O–H groups in total. The molecule has 0 unspecified atom stereocenters. The Labute approximate surface area is 135 Å². The van der Waals surface area contributed by atoms with Crippen molar-refractivity contribution in [3.8, 4) is 0 Å². The van der Waals surface area contributed by atoms with Gasteiger partial charge in [-0.25, -0.2) is 0 Å². The number of piperidine rings is 1. The van der Waals surface area contributed by atoms with Gasteiger partial charge in [0, 0.05) is 24.4 Å². The van der Waals surface area contributed by atoms with Gasteiger partial charge in [-0.15, -0.1) is 0 Å². The van der Waals surface area contributed by atoms with E-state index in [0.29, 0.717) is 18.1 Å². The van der Waals surface area contributed by atoms with Crippen LogP contribution in [-0.2, 0) is 20.9 Å². The largest absolute Gasteiger partial charge is 0.469 e. The van der Waals surface area contributed by atoms with Gasteiger partial charge in [-0.05, 0) is 17.7 Å². The molecular weight excluding hydrogens is 304 g/mol. The van der Waals surface area contributed by atoms with Gasteiger partial charge in [-0.1, -0.05) is 23.7 Å². The zero-order chi connectivity index (χ0) is 15.9. The summed E-state index contributed by atoms with van der Waals surface area (Å²) in [4.78, 5) is 24.6. The molecule has 1 aliphatic heterocycles. The number of nitrogens with one attached hydrogen (secondary N) is 2. The Bertz CT molecular complexity index is 511. The number of methoxy groups -OCH3 is 1. The summed E-state index contributed by atoms with van der Waals surface area (Å²) in [6.07, 6.45) is 1.57. The van der Waals surface area contributed by atoms with Crippen LogP contribution in [0.15, 0.2) is 24.3 Å². The standard InChI is InChI=1S/C16H21ClN2O3/c1-22-16(21)13-6-8-19(9-7-13)11-15(20)18-10-12-2-4-14(17)5-3-12/h2-5,13H,6-11H2,1H3,(H,18,20)/p+1. The molecular formula is C16H22ClN2O3+. The molecule has 0 bridgehead atoms. The molecule has 0 aliphatic carbocycles. The van der Waals surface area contributed by atoms with Crippen molar-refractivity contribution in [1.82, 2.24) is 5.32 Å². The van der Waals surface area contributed by atoms with Gasteiger partial charge in [0.05, 0.1) is 26.1 Å². The minimum atomic E-state index is -0.133. The summed E-state index contributed by atoms with van der Waals surface area (Å²) in [6.45, 7) is 2.61. The molecule has 1 amide bonds. The van der Waals surface area contributed by atoms with E-state index in [1.165, 1.54) is 12.0 Å². The first-order valence-electron chi connectivity index (χ1n) is 7.51. The van der Waals surface area contributed by atoms with E-state index in [-0.39, 0.29) is 17.8 Å². The lowest BCUT2D eigenvalue weighted by molar-refractivity contribution is -0.897. The lowest BCUT2D eigenvalue weighted by Crippen LogP contribution is -3.14. The first-order chi connectivity index (χ1) is 10.6. The van der Waals surface area contributed by atoms with Crippen molar-refractivity contribution in [2.75, 3.05) is 26.7 Å². The second kappa shape index (κ2) is 8.15. The van der Waals surface area contributed by atoms with Crippen molar-refractivity contribution in [3.63, 3.8) is 0 Å². The first-order valence-corrected chi connectivity index (χ1v) is 7.89. The van der Waals surface area contributed by atoms with E-state index in [0.717, 1.165) is 31.5 Å². The highest BCUT2D eigenvalue weighted by Crippen LogP contribution is 2.11. The Morgan fingerprint density at radius 3 is 2.50 bits per heavy atom. The smallest absolute Gasteiger partial charge is 0.309 e. The third kappa shape index (κ3) is 5.00. The average Bonchev–Trinajstić information content (AvgIpc) is 2.54. The van der Waals surface area contributed by atoms with Crippen molar-refractivity contribution in [1.29, 1.82) is 0 Å². The molecule has 1 fully saturated rings. The van der Waals surface area contributed by atoms with Crippen LogP contribution in [0, 0.1) is 5.92 Å². The maximum atomic E-state index is 12.0. The molecule has 1 aliphatic rings. The molecule has 22 heavy (non-hydrogen) atoms. The molecule has 1 saturated heterocycles. The van der Waals surface area contributed by atoms with E-state index in [9.17, 15) is 9.59 Å². The molecule has 0 atom stereocenters. The van der Waals surface area contributed by atoms with Gasteiger partial charge in [0.1, 0.15) is 0 Å². The van der Waals surface area contributed by atoms with Crippen LogP contribution in [0.4, 0.5) is 0 Å². The van der Waals surface area contributed by atoms with Crippen molar-refractivity contribution < 1.29 is 19.2 Å². The summed E-state index contributed by atoms with van der Waals surface area (Å²) in [7, 11) is 1.42. The van der Waals surface area contributed by atoms with E-state index in [2.05, 4.69) is 5.32 Å². The summed E-state index contributed by atoms with van der Waals surface area (Å²) >= 11 is 5.82. The normalized spacial score (nSPS) is 21.2. The predicted octanol–water partition coefficient (Wildman–Crippen LogP) is 0.424. The van der Waals surface area contributed by atoms with Crippen LogP contribution in [0.2, 0.25) is 5.02 Å². The fourth-order valence-corrected chi connectivity index (χ4v) is 2.82. The van der Waals surface area contributed by atoms with Gasteiger partial charge >= 0.3 is 5.97 Å². The van der Waals surface area contributed by atoms with Gasteiger partial charge in [0.2, 0.25) is 0 Å². The lowest BCUT2D eigenvalue weighted by atomic mass is 9.97. The van der Waals surface area contributed by atoms with Gasteiger partial charge in [0.15, 0.2) is 6.54 Å². The number of carbonyl (C=O) groups is 2. The second-order valence-corrected chi connectivity index (χ2v) is 6.06. The quantitative estimate of drug-likeness (QED) is 0.772. The maximum Gasteiger partial charge on any atom is 0.309 e. The average molecular weight is 326 g/mol. The predicted molar refractivity (Wildman–Crippen MR) is 83.6 cm³/mol. The summed E-state index contributed by atoms with van der Waals surface area (Å²) < 4.78 is 4.77. The van der Waals surface area contributed by atoms with Gasteiger partial charge in [-0.2, -0.15) is 0 Å². The molecule has 120 valence electrons. The number of benzene rings is 1. The van der Waals surface area contributed by atoms with Crippen molar-refractivity contribution >= 4 is 23.5 Å². The number of hydrogen-bond acceptors (Lipinski definition) is 3. The highest BCUT2D eigenvalue weighted by Gasteiger charge is 2.28. The highest BCUT2D eigenvalue weighted by atomic mass is 35.5. The first kappa shape index (κ1) is 16.8. The van der Waals surface area contributed by atoms with Crippen LogP contribution in [0.1, 0.15) is 18.4 Å². The van der Waals surface area contributed by atoms with Crippen molar-refractivity contribution in [3.05, 3.63) is 34.9 Å². The molecule has 1 aromatic rings. The number of ether oxygens (including phenoxy) is 1. The van der Waals surface area contributed by atoms with E-state index in [4.69, 9.17) is 16.3 Å². The van der Waals surface area contributed by atoms with E-state index in [1.807, 2.05) is 24.3 Å². The number of hydrogen-bond donors (Lipinski definition) is 2. The molecule has 0 aromatic heterocycles. The van der Waals surface area contributed by atoms with Gasteiger partial charge in [0.25, 0.3) is 5.91 Å². The zero-order valence-corrected chi connectivity index (χ0v) is 13.5. The number of carbonyl (C=O) groups excluding carboxylic acids is 2. The van der Waals surface area contributed by atoms with E-state index >= 15 is 0 Å². The zero-order valence-electron chi connectivity index (χ0n) is 12.7. The molecule has 0 spiro atoms. The Morgan fingerprint density at radius 1 is 1.27 bits per heavy atom. The third-order valence-electron chi connectivity index (χ3n) is 4.04. The SMILES string of the molecule is COC(=O)C1CC[NH+](CC(=O)NCc2ccc(Cl)cc2)CC1. The van der Waals surface area contributed by atoms with E-state index in [1.54, 1.807) is 0 Å². The summed E-state index contributed by atoms with van der Waals surface area (Å²) in [6, 6.07) is 7.42. The minimum Gasteiger partial charge on any atom is -0.469 e. The summed E-state index contributed by atoms with van der Waals surface area (Å²) in [5.74, 6) is -0.112. The monoisotopic (exact) mass is 325 g/mol. The fourth-order valence-electron chi connectivity index (χ4n) is 2.70. The molecule has 6 heteroatoms. The molecule has 0 radical (unpaired) electrons. The third-order valence-corrected chi connectivity index (χ3v) is 4.29. The molecule has 1 heterocycles. The molecule has 5 nitrogen and oxygen atoms in total. The van der Waals surface area contributed by atoms with Crippen LogP contribution >= 0.6 is 11.6 Å². The van der Waals surface area contributed by atoms with Gasteiger partial charge < -0.3 is 15.0 Å². The maximum absolute atomic E-state index is 12.0. The molecule has 1 aromatic carbocycles. The van der Waals surface area contributed by atoms with Crippen LogP contribution in [0.5, 0.6) is 0 Å². The lowest BCUT2D eigenvalue weighted by Gasteiger charge is -2.27. The summed E-state index contributed by atoms with van der Waals surface area (Å²) in [5.41, 5.74) is 1.03. The number of likely N-dealkylation sites (tertiary alicyclic amines) is 1. The van der Waals surface area contributed by atoms with Crippen LogP contribution in [0.25, 0.3) is 0 Å². The van der Waals surface area contributed by atoms with Crippen LogP contribution in [0.3, 0.4) is 0 Å². The Morgan fingerprint density at radius 2 is 1.91 bits per heavy atom. The number of quaternary nitrogens is 1. The summed E-state index contributed by atoms with van der Waals surface area (Å²) in [5, 5.41) is 3.60.